The molecule has 6 nitrogen and oxygen atoms in total. The maximum absolute atomic E-state index is 5.40. The molecule has 0 aliphatic rings. The van der Waals surface area contributed by atoms with Gasteiger partial charge in [-0.1, -0.05) is 12.6 Å². The molecule has 0 saturated heterocycles. The molecule has 0 unspecified atom stereocenters. The third kappa shape index (κ3) is 6.13. The minimum Gasteiger partial charge on any atom is -0.492 e. The van der Waals surface area contributed by atoms with Crippen molar-refractivity contribution in [3.63, 3.8) is 0 Å². The lowest BCUT2D eigenvalue weighted by molar-refractivity contribution is 0.115. The molecular weight excluding hydrogens is 336 g/mol. The molecular formula is C18H22N4O2S. The van der Waals surface area contributed by atoms with Crippen LogP contribution in [0.15, 0.2) is 47.9 Å². The molecule has 132 valence electrons. The number of nitrogens with one attached hydrogen (secondary N) is 1. The molecule has 1 N–H and O–H groups in total. The summed E-state index contributed by atoms with van der Waals surface area (Å²) in [7, 11) is 1.63. The lowest BCUT2D eigenvalue weighted by Crippen LogP contribution is -2.01. The predicted molar refractivity (Wildman–Crippen MR) is 103 cm³/mol. The number of nitrogens with zero attached hydrogens (tertiary/aromatic N) is 3. The van der Waals surface area contributed by atoms with Crippen molar-refractivity contribution in [3.8, 4) is 0 Å². The third-order valence-corrected chi connectivity index (χ3v) is 4.08. The van der Waals surface area contributed by atoms with Gasteiger partial charge in [-0.25, -0.2) is 4.98 Å². The number of rotatable bonds is 9. The Labute approximate surface area is 151 Å². The molecule has 0 bridgehead atoms. The minimum absolute atomic E-state index is 0.476. The van der Waals surface area contributed by atoms with E-state index in [4.69, 9.17) is 9.47 Å². The maximum Gasteiger partial charge on any atom is 0.204 e. The van der Waals surface area contributed by atoms with Crippen LogP contribution in [0.3, 0.4) is 0 Å². The average Bonchev–Trinajstić information content (AvgIpc) is 2.98. The van der Waals surface area contributed by atoms with E-state index in [1.807, 2.05) is 38.1 Å². The van der Waals surface area contributed by atoms with Crippen molar-refractivity contribution in [2.75, 3.05) is 25.7 Å². The smallest absolute Gasteiger partial charge is 0.204 e. The highest BCUT2D eigenvalue weighted by Crippen LogP contribution is 2.23. The maximum atomic E-state index is 5.40. The van der Waals surface area contributed by atoms with Crippen molar-refractivity contribution in [3.05, 3.63) is 59.1 Å². The SMILES string of the molecule is C=C(/C=C\c1nc(N/N=C(\C)c2ccccn2)sc1C)OCCOC. The highest BCUT2D eigenvalue weighted by atomic mass is 32.1. The molecule has 0 spiro atoms. The summed E-state index contributed by atoms with van der Waals surface area (Å²) in [4.78, 5) is 9.86. The zero-order valence-electron chi connectivity index (χ0n) is 14.7. The summed E-state index contributed by atoms with van der Waals surface area (Å²) in [5, 5.41) is 5.06. The first-order valence-corrected chi connectivity index (χ1v) is 8.59. The number of hydrogen-bond donors (Lipinski definition) is 1. The number of anilines is 1. The number of hydrazone groups is 1. The summed E-state index contributed by atoms with van der Waals surface area (Å²) >= 11 is 1.53. The summed E-state index contributed by atoms with van der Waals surface area (Å²) in [5.41, 5.74) is 5.46. The van der Waals surface area contributed by atoms with Crippen LogP contribution in [0.2, 0.25) is 0 Å². The zero-order chi connectivity index (χ0) is 18.1. The lowest BCUT2D eigenvalue weighted by Gasteiger charge is -2.03. The molecule has 0 aliphatic carbocycles. The van der Waals surface area contributed by atoms with Gasteiger partial charge in [-0.05, 0) is 38.1 Å². The number of methoxy groups -OCH3 is 1. The van der Waals surface area contributed by atoms with Crippen molar-refractivity contribution in [2.45, 2.75) is 13.8 Å². The van der Waals surface area contributed by atoms with Crippen molar-refractivity contribution >= 4 is 28.3 Å². The van der Waals surface area contributed by atoms with Crippen LogP contribution >= 0.6 is 11.3 Å². The Bertz CT molecular complexity index is 754. The second-order valence-electron chi connectivity index (χ2n) is 5.13. The van der Waals surface area contributed by atoms with Crippen molar-refractivity contribution in [2.24, 2.45) is 5.10 Å². The number of aryl methyl sites for hydroxylation is 1. The molecule has 0 saturated carbocycles. The lowest BCUT2D eigenvalue weighted by atomic mass is 10.3. The Balaban J connectivity index is 1.96. The van der Waals surface area contributed by atoms with Gasteiger partial charge in [0.2, 0.25) is 5.13 Å². The number of pyridine rings is 1. The van der Waals surface area contributed by atoms with Gasteiger partial charge in [-0.2, -0.15) is 5.10 Å². The van der Waals surface area contributed by atoms with Crippen molar-refractivity contribution < 1.29 is 9.47 Å². The standard InChI is InChI=1S/C18H22N4O2S/c1-13(24-12-11-23-4)8-9-17-15(3)25-18(20-17)22-21-14(2)16-7-5-6-10-19-16/h5-10H,1,11-12H2,2-4H3,(H,20,22)/b9-8-,21-14+. The Morgan fingerprint density at radius 3 is 2.96 bits per heavy atom. The van der Waals surface area contributed by atoms with Crippen LogP contribution in [0.25, 0.3) is 6.08 Å². The third-order valence-electron chi connectivity index (χ3n) is 3.19. The fourth-order valence-corrected chi connectivity index (χ4v) is 2.60. The number of aromatic nitrogens is 2. The second kappa shape index (κ2) is 9.71. The molecule has 7 heteroatoms. The molecule has 0 amide bonds. The van der Waals surface area contributed by atoms with E-state index in [9.17, 15) is 0 Å². The summed E-state index contributed by atoms with van der Waals surface area (Å²) in [5.74, 6) is 0.572. The van der Waals surface area contributed by atoms with Gasteiger partial charge in [0.1, 0.15) is 12.4 Å². The summed E-state index contributed by atoms with van der Waals surface area (Å²) < 4.78 is 10.3. The number of hydrogen-bond acceptors (Lipinski definition) is 7. The first-order chi connectivity index (χ1) is 12.1. The van der Waals surface area contributed by atoms with E-state index in [0.29, 0.717) is 19.0 Å². The van der Waals surface area contributed by atoms with Crippen LogP contribution in [0, 0.1) is 6.92 Å². The van der Waals surface area contributed by atoms with Gasteiger partial charge in [-0.3, -0.25) is 10.4 Å². The highest BCUT2D eigenvalue weighted by Gasteiger charge is 2.05. The van der Waals surface area contributed by atoms with E-state index in [2.05, 4.69) is 27.1 Å². The Hall–Kier alpha value is -2.51. The molecule has 2 heterocycles. The summed E-state index contributed by atoms with van der Waals surface area (Å²) in [6.45, 7) is 8.75. The first-order valence-electron chi connectivity index (χ1n) is 7.78. The predicted octanol–water partition coefficient (Wildman–Crippen LogP) is 3.87. The Kier molecular flexibility index (Phi) is 7.31. The molecule has 2 aromatic heterocycles. The van der Waals surface area contributed by atoms with Crippen LogP contribution in [0.4, 0.5) is 5.13 Å². The largest absolute Gasteiger partial charge is 0.492 e. The molecule has 2 aromatic rings. The van der Waals surface area contributed by atoms with Gasteiger partial charge in [-0.15, -0.1) is 11.3 Å². The topological polar surface area (TPSA) is 68.6 Å². The van der Waals surface area contributed by atoms with Crippen LogP contribution in [0.1, 0.15) is 23.2 Å². The van der Waals surface area contributed by atoms with E-state index >= 15 is 0 Å². The van der Waals surface area contributed by atoms with E-state index in [1.54, 1.807) is 19.4 Å². The molecule has 25 heavy (non-hydrogen) atoms. The van der Waals surface area contributed by atoms with Crippen molar-refractivity contribution in [1.82, 2.24) is 9.97 Å². The van der Waals surface area contributed by atoms with E-state index in [0.717, 1.165) is 27.1 Å². The van der Waals surface area contributed by atoms with Gasteiger partial charge in [0.05, 0.1) is 23.7 Å². The van der Waals surface area contributed by atoms with Gasteiger partial charge in [0.15, 0.2) is 0 Å². The van der Waals surface area contributed by atoms with Gasteiger partial charge in [0.25, 0.3) is 0 Å². The highest BCUT2D eigenvalue weighted by molar-refractivity contribution is 7.15. The van der Waals surface area contributed by atoms with Gasteiger partial charge < -0.3 is 9.47 Å². The Morgan fingerprint density at radius 1 is 1.40 bits per heavy atom. The molecule has 0 radical (unpaired) electrons. The molecule has 0 aromatic carbocycles. The van der Waals surface area contributed by atoms with Gasteiger partial charge in [0, 0.05) is 18.2 Å². The fourth-order valence-electron chi connectivity index (χ4n) is 1.85. The number of allylic oxidation sites excluding steroid dienone is 1. The minimum atomic E-state index is 0.476. The van der Waals surface area contributed by atoms with E-state index in [1.165, 1.54) is 11.3 Å². The van der Waals surface area contributed by atoms with E-state index < -0.39 is 0 Å². The summed E-state index contributed by atoms with van der Waals surface area (Å²) in [6.07, 6.45) is 5.41. The monoisotopic (exact) mass is 358 g/mol. The van der Waals surface area contributed by atoms with Gasteiger partial charge >= 0.3 is 0 Å². The van der Waals surface area contributed by atoms with Crippen LogP contribution < -0.4 is 5.43 Å². The first kappa shape index (κ1) is 18.8. The fraction of sp³-hybridized carbons (Fsp3) is 0.278. The normalized spacial score (nSPS) is 11.7. The molecule has 0 atom stereocenters. The average molecular weight is 358 g/mol. The molecule has 2 rings (SSSR count). The van der Waals surface area contributed by atoms with E-state index in [-0.39, 0.29) is 0 Å². The number of thiazole rings is 1. The second-order valence-corrected chi connectivity index (χ2v) is 6.33. The molecule has 0 fully saturated rings. The summed E-state index contributed by atoms with van der Waals surface area (Å²) in [6, 6.07) is 5.72. The Morgan fingerprint density at radius 2 is 2.24 bits per heavy atom. The van der Waals surface area contributed by atoms with Crippen LogP contribution in [-0.2, 0) is 9.47 Å². The number of ether oxygens (including phenoxy) is 2. The quantitative estimate of drug-likeness (QED) is 0.242. The van der Waals surface area contributed by atoms with Crippen LogP contribution in [-0.4, -0.2) is 36.0 Å². The van der Waals surface area contributed by atoms with Crippen molar-refractivity contribution in [1.29, 1.82) is 0 Å². The zero-order valence-corrected chi connectivity index (χ0v) is 15.5. The van der Waals surface area contributed by atoms with Crippen LogP contribution in [0.5, 0.6) is 0 Å². The molecule has 0 aliphatic heterocycles.